The van der Waals surface area contributed by atoms with Crippen molar-refractivity contribution < 1.29 is 0 Å². The summed E-state index contributed by atoms with van der Waals surface area (Å²) >= 11 is 15.2. The number of rotatable bonds is 5. The van der Waals surface area contributed by atoms with Gasteiger partial charge in [0.05, 0.1) is 15.4 Å². The van der Waals surface area contributed by atoms with Gasteiger partial charge in [-0.1, -0.05) is 23.2 Å². The Kier molecular flexibility index (Phi) is 5.06. The van der Waals surface area contributed by atoms with Gasteiger partial charge in [0.25, 0.3) is 0 Å². The van der Waals surface area contributed by atoms with E-state index in [2.05, 4.69) is 18.0 Å². The molecule has 2 aromatic rings. The van der Waals surface area contributed by atoms with E-state index in [1.165, 1.54) is 9.75 Å². The predicted octanol–water partition coefficient (Wildman–Crippen LogP) is 4.25. The van der Waals surface area contributed by atoms with Crippen molar-refractivity contribution in [1.29, 1.82) is 0 Å². The second-order valence-electron chi connectivity index (χ2n) is 4.04. The molecular weight excluding hydrogens is 307 g/mol. The van der Waals surface area contributed by atoms with Gasteiger partial charge in [0.2, 0.25) is 0 Å². The molecule has 6 heteroatoms. The molecule has 0 aliphatic heterocycles. The number of hydrogen-bond acceptors (Lipinski definition) is 4. The van der Waals surface area contributed by atoms with Crippen molar-refractivity contribution >= 4 is 45.9 Å². The summed E-state index contributed by atoms with van der Waals surface area (Å²) in [6, 6.07) is 6.16. The molecule has 1 atom stereocenters. The molecule has 98 valence electrons. The number of hydrogen-bond donors (Lipinski definition) is 1. The zero-order valence-electron chi connectivity index (χ0n) is 9.90. The maximum atomic E-state index is 5.97. The molecule has 0 bridgehead atoms. The van der Waals surface area contributed by atoms with Gasteiger partial charge in [-0.2, -0.15) is 0 Å². The summed E-state index contributed by atoms with van der Waals surface area (Å²) in [4.78, 5) is 4.67. The Morgan fingerprint density at radius 2 is 2.17 bits per heavy atom. The molecule has 18 heavy (non-hydrogen) atoms. The Bertz CT molecular complexity index is 510. The zero-order chi connectivity index (χ0) is 13.1. The van der Waals surface area contributed by atoms with Crippen LogP contribution in [0.1, 0.15) is 15.8 Å². The quantitative estimate of drug-likeness (QED) is 0.892. The third-order valence-corrected chi connectivity index (χ3v) is 5.30. The fourth-order valence-corrected chi connectivity index (χ4v) is 4.22. The molecule has 2 nitrogen and oxygen atoms in total. The third kappa shape index (κ3) is 3.47. The van der Waals surface area contributed by atoms with E-state index in [4.69, 9.17) is 28.9 Å². The first-order chi connectivity index (χ1) is 8.60. The van der Waals surface area contributed by atoms with E-state index in [0.717, 1.165) is 15.9 Å². The molecule has 0 saturated carbocycles. The summed E-state index contributed by atoms with van der Waals surface area (Å²) in [7, 11) is 2.07. The van der Waals surface area contributed by atoms with Gasteiger partial charge in [-0.3, -0.25) is 4.90 Å². The van der Waals surface area contributed by atoms with Crippen LogP contribution in [0.3, 0.4) is 0 Å². The normalized spacial score (nSPS) is 13.2. The van der Waals surface area contributed by atoms with Crippen molar-refractivity contribution in [2.24, 2.45) is 5.73 Å². The second-order valence-corrected chi connectivity index (χ2v) is 7.22. The molecular formula is C12H14Cl2N2S2. The molecule has 2 rings (SSSR count). The smallest absolute Gasteiger partial charge is 0.0931 e. The molecule has 0 amide bonds. The van der Waals surface area contributed by atoms with Crippen molar-refractivity contribution in [3.8, 4) is 0 Å². The van der Waals surface area contributed by atoms with Crippen LogP contribution < -0.4 is 5.73 Å². The summed E-state index contributed by atoms with van der Waals surface area (Å²) in [5.74, 6) is 0. The van der Waals surface area contributed by atoms with Gasteiger partial charge in [0, 0.05) is 28.2 Å². The average Bonchev–Trinajstić information content (AvgIpc) is 2.89. The monoisotopic (exact) mass is 320 g/mol. The lowest BCUT2D eigenvalue weighted by molar-refractivity contribution is 0.247. The van der Waals surface area contributed by atoms with Crippen molar-refractivity contribution in [2.75, 3.05) is 13.6 Å². The summed E-state index contributed by atoms with van der Waals surface area (Å²) in [6.45, 7) is 1.42. The van der Waals surface area contributed by atoms with Crippen LogP contribution in [0, 0.1) is 0 Å². The van der Waals surface area contributed by atoms with Crippen LogP contribution in [0.15, 0.2) is 23.6 Å². The molecule has 0 aromatic carbocycles. The summed E-state index contributed by atoms with van der Waals surface area (Å²) in [5, 5.41) is 2.72. The average molecular weight is 321 g/mol. The van der Waals surface area contributed by atoms with Crippen molar-refractivity contribution in [1.82, 2.24) is 4.90 Å². The van der Waals surface area contributed by atoms with Gasteiger partial charge >= 0.3 is 0 Å². The molecule has 2 heterocycles. The third-order valence-electron chi connectivity index (χ3n) is 2.71. The Morgan fingerprint density at radius 3 is 2.67 bits per heavy atom. The molecule has 0 aliphatic carbocycles. The first-order valence-corrected chi connectivity index (χ1v) is 7.94. The minimum absolute atomic E-state index is 0.198. The lowest BCUT2D eigenvalue weighted by Gasteiger charge is -2.25. The van der Waals surface area contributed by atoms with E-state index in [9.17, 15) is 0 Å². The van der Waals surface area contributed by atoms with E-state index in [1.807, 2.05) is 17.5 Å². The SMILES string of the molecule is CN(Cc1ccc(Cl)s1)C(CN)c1cc(Cl)cs1. The fraction of sp³-hybridized carbons (Fsp3) is 0.333. The highest BCUT2D eigenvalue weighted by molar-refractivity contribution is 7.16. The highest BCUT2D eigenvalue weighted by Crippen LogP contribution is 2.30. The Labute approximate surface area is 125 Å². The molecule has 1 unspecified atom stereocenters. The molecule has 0 radical (unpaired) electrons. The lowest BCUT2D eigenvalue weighted by atomic mass is 10.2. The van der Waals surface area contributed by atoms with Crippen molar-refractivity contribution in [3.63, 3.8) is 0 Å². The first kappa shape index (κ1) is 14.3. The van der Waals surface area contributed by atoms with E-state index >= 15 is 0 Å². The number of likely N-dealkylation sites (N-methyl/N-ethyl adjacent to an activating group) is 1. The molecule has 0 aliphatic rings. The standard InChI is InChI=1S/C12H14Cl2N2S2/c1-16(6-9-2-3-12(14)18-9)10(5-15)11-4-8(13)7-17-11/h2-4,7,10H,5-6,15H2,1H3. The van der Waals surface area contributed by atoms with Gasteiger partial charge in [-0.25, -0.2) is 0 Å². The number of nitrogens with zero attached hydrogens (tertiary/aromatic N) is 1. The fourth-order valence-electron chi connectivity index (χ4n) is 1.81. The van der Waals surface area contributed by atoms with Crippen LogP contribution in [0.4, 0.5) is 0 Å². The Hall–Kier alpha value is -0.100. The lowest BCUT2D eigenvalue weighted by Crippen LogP contribution is -2.29. The van der Waals surface area contributed by atoms with E-state index in [-0.39, 0.29) is 6.04 Å². The second kappa shape index (κ2) is 6.37. The summed E-state index contributed by atoms with van der Waals surface area (Å²) in [6.07, 6.45) is 0. The maximum Gasteiger partial charge on any atom is 0.0931 e. The van der Waals surface area contributed by atoms with Gasteiger partial charge in [-0.05, 0) is 25.2 Å². The van der Waals surface area contributed by atoms with Crippen LogP contribution in [-0.4, -0.2) is 18.5 Å². The van der Waals surface area contributed by atoms with Crippen molar-refractivity contribution in [2.45, 2.75) is 12.6 Å². The predicted molar refractivity (Wildman–Crippen MR) is 81.9 cm³/mol. The van der Waals surface area contributed by atoms with E-state index in [0.29, 0.717) is 6.54 Å². The van der Waals surface area contributed by atoms with Crippen molar-refractivity contribution in [3.05, 3.63) is 42.7 Å². The highest BCUT2D eigenvalue weighted by Gasteiger charge is 2.18. The van der Waals surface area contributed by atoms with Gasteiger partial charge in [0.1, 0.15) is 0 Å². The topological polar surface area (TPSA) is 29.3 Å². The van der Waals surface area contributed by atoms with E-state index < -0.39 is 0 Å². The molecule has 0 spiro atoms. The van der Waals surface area contributed by atoms with Crippen LogP contribution in [0.5, 0.6) is 0 Å². The summed E-state index contributed by atoms with van der Waals surface area (Å²) < 4.78 is 0.821. The van der Waals surface area contributed by atoms with Crippen LogP contribution in [0.2, 0.25) is 9.36 Å². The number of nitrogens with two attached hydrogens (primary N) is 1. The van der Waals surface area contributed by atoms with Crippen LogP contribution >= 0.6 is 45.9 Å². The molecule has 2 N–H and O–H groups in total. The minimum atomic E-state index is 0.198. The highest BCUT2D eigenvalue weighted by atomic mass is 35.5. The van der Waals surface area contributed by atoms with Crippen LogP contribution in [-0.2, 0) is 6.54 Å². The van der Waals surface area contributed by atoms with Crippen LogP contribution in [0.25, 0.3) is 0 Å². The molecule has 0 saturated heterocycles. The first-order valence-electron chi connectivity index (χ1n) is 5.48. The number of halogens is 2. The minimum Gasteiger partial charge on any atom is -0.329 e. The zero-order valence-corrected chi connectivity index (χ0v) is 13.0. The Balaban J connectivity index is 2.08. The largest absolute Gasteiger partial charge is 0.329 e. The molecule has 0 fully saturated rings. The number of thiophene rings is 2. The summed E-state index contributed by atoms with van der Waals surface area (Å²) in [5.41, 5.74) is 5.87. The van der Waals surface area contributed by atoms with E-state index in [1.54, 1.807) is 22.7 Å². The molecule has 2 aromatic heterocycles. The van der Waals surface area contributed by atoms with Gasteiger partial charge < -0.3 is 5.73 Å². The van der Waals surface area contributed by atoms with Gasteiger partial charge in [0.15, 0.2) is 0 Å². The Morgan fingerprint density at radius 1 is 1.39 bits per heavy atom. The van der Waals surface area contributed by atoms with Gasteiger partial charge in [-0.15, -0.1) is 22.7 Å². The maximum absolute atomic E-state index is 5.97.